The number of rotatable bonds is 4. The van der Waals surface area contributed by atoms with E-state index in [4.69, 9.17) is 4.42 Å². The van der Waals surface area contributed by atoms with Crippen molar-refractivity contribution in [3.05, 3.63) is 74.5 Å². The fourth-order valence-electron chi connectivity index (χ4n) is 2.92. The van der Waals surface area contributed by atoms with Gasteiger partial charge in [0, 0.05) is 24.5 Å². The molecule has 29 heavy (non-hydrogen) atoms. The first-order valence-corrected chi connectivity index (χ1v) is 9.30. The summed E-state index contributed by atoms with van der Waals surface area (Å²) in [6.45, 7) is 1.58. The Labute approximate surface area is 166 Å². The zero-order valence-corrected chi connectivity index (χ0v) is 16.1. The summed E-state index contributed by atoms with van der Waals surface area (Å²) in [6, 6.07) is 3.67. The Morgan fingerprint density at radius 2 is 2.07 bits per heavy atom. The molecule has 4 aromatic rings. The number of aromatic nitrogens is 3. The van der Waals surface area contributed by atoms with Gasteiger partial charge in [-0.3, -0.25) is 14.9 Å². The van der Waals surface area contributed by atoms with Crippen LogP contribution in [0.3, 0.4) is 0 Å². The molecular formula is C19H14F2N4O3S. The summed E-state index contributed by atoms with van der Waals surface area (Å²) < 4.78 is 33.1. The van der Waals surface area contributed by atoms with E-state index < -0.39 is 23.1 Å². The molecule has 0 aliphatic carbocycles. The van der Waals surface area contributed by atoms with E-state index >= 15 is 0 Å². The fraction of sp³-hybridized carbons (Fsp3) is 0.158. The Morgan fingerprint density at radius 1 is 1.28 bits per heavy atom. The maximum Gasteiger partial charge on any atom is 0.265 e. The molecule has 148 valence electrons. The van der Waals surface area contributed by atoms with Crippen LogP contribution in [0.15, 0.2) is 39.9 Å². The minimum atomic E-state index is -0.918. The summed E-state index contributed by atoms with van der Waals surface area (Å²) >= 11 is 1.19. The highest BCUT2D eigenvalue weighted by atomic mass is 32.1. The zero-order chi connectivity index (χ0) is 20.7. The molecule has 0 aliphatic heterocycles. The molecule has 3 heterocycles. The maximum absolute atomic E-state index is 13.4. The minimum Gasteiger partial charge on any atom is -0.442 e. The SMILES string of the molecule is Cc1oc2ncn(C)c(=O)c2c1C(=O)Nc1ncc(Cc2ccc(F)c(F)c2)s1. The number of nitrogens with one attached hydrogen (secondary N) is 1. The number of benzene rings is 1. The number of amides is 1. The van der Waals surface area contributed by atoms with Gasteiger partial charge in [0.05, 0.1) is 5.56 Å². The van der Waals surface area contributed by atoms with E-state index in [2.05, 4.69) is 15.3 Å². The smallest absolute Gasteiger partial charge is 0.265 e. The summed E-state index contributed by atoms with van der Waals surface area (Å²) in [5.41, 5.74) is 0.381. The lowest BCUT2D eigenvalue weighted by Gasteiger charge is -2.01. The first-order valence-electron chi connectivity index (χ1n) is 8.48. The third-order valence-corrected chi connectivity index (χ3v) is 5.22. The summed E-state index contributed by atoms with van der Waals surface area (Å²) in [6.07, 6.45) is 3.20. The molecule has 0 fully saturated rings. The van der Waals surface area contributed by atoms with Gasteiger partial charge in [0.2, 0.25) is 5.71 Å². The highest BCUT2D eigenvalue weighted by molar-refractivity contribution is 7.15. The van der Waals surface area contributed by atoms with Gasteiger partial charge in [0.1, 0.15) is 17.5 Å². The monoisotopic (exact) mass is 416 g/mol. The number of carbonyl (C=O) groups is 1. The highest BCUT2D eigenvalue weighted by Gasteiger charge is 2.23. The predicted molar refractivity (Wildman–Crippen MR) is 103 cm³/mol. The van der Waals surface area contributed by atoms with Crippen molar-refractivity contribution >= 4 is 33.5 Å². The summed E-state index contributed by atoms with van der Waals surface area (Å²) in [5, 5.41) is 3.06. The van der Waals surface area contributed by atoms with Crippen LogP contribution in [0.1, 0.15) is 26.6 Å². The molecule has 0 radical (unpaired) electrons. The lowest BCUT2D eigenvalue weighted by atomic mass is 10.1. The largest absolute Gasteiger partial charge is 0.442 e. The number of hydrogen-bond donors (Lipinski definition) is 1. The van der Waals surface area contributed by atoms with E-state index in [0.29, 0.717) is 17.1 Å². The van der Waals surface area contributed by atoms with Gasteiger partial charge in [0.15, 0.2) is 16.8 Å². The third-order valence-electron chi connectivity index (χ3n) is 4.31. The van der Waals surface area contributed by atoms with Gasteiger partial charge < -0.3 is 8.98 Å². The average molecular weight is 416 g/mol. The molecule has 0 aliphatic rings. The highest BCUT2D eigenvalue weighted by Crippen LogP contribution is 2.25. The van der Waals surface area contributed by atoms with Crippen molar-refractivity contribution in [2.75, 3.05) is 5.32 Å². The Kier molecular flexibility index (Phi) is 4.71. The quantitative estimate of drug-likeness (QED) is 0.551. The number of hydrogen-bond acceptors (Lipinski definition) is 6. The summed E-state index contributed by atoms with van der Waals surface area (Å²) in [4.78, 5) is 34.1. The van der Waals surface area contributed by atoms with Crippen LogP contribution in [-0.4, -0.2) is 20.4 Å². The van der Waals surface area contributed by atoms with Crippen LogP contribution < -0.4 is 10.9 Å². The van der Waals surface area contributed by atoms with Crippen LogP contribution in [0.5, 0.6) is 0 Å². The van der Waals surface area contributed by atoms with Crippen LogP contribution in [0.25, 0.3) is 11.1 Å². The first kappa shape index (κ1) is 18.9. The molecule has 4 rings (SSSR count). The number of carbonyl (C=O) groups excluding carboxylic acids is 1. The van der Waals surface area contributed by atoms with Crippen LogP contribution in [0, 0.1) is 18.6 Å². The van der Waals surface area contributed by atoms with Crippen molar-refractivity contribution in [3.63, 3.8) is 0 Å². The molecule has 7 nitrogen and oxygen atoms in total. The van der Waals surface area contributed by atoms with Gasteiger partial charge in [-0.15, -0.1) is 11.3 Å². The van der Waals surface area contributed by atoms with E-state index in [1.807, 2.05) is 0 Å². The first-order chi connectivity index (χ1) is 13.8. The van der Waals surface area contributed by atoms with Crippen molar-refractivity contribution in [1.29, 1.82) is 0 Å². The number of thiazole rings is 1. The van der Waals surface area contributed by atoms with E-state index in [1.165, 1.54) is 35.3 Å². The van der Waals surface area contributed by atoms with E-state index in [0.717, 1.165) is 17.0 Å². The number of furan rings is 1. The van der Waals surface area contributed by atoms with Gasteiger partial charge in [-0.2, -0.15) is 0 Å². The molecule has 0 saturated heterocycles. The fourth-order valence-corrected chi connectivity index (χ4v) is 3.76. The topological polar surface area (TPSA) is 90.0 Å². The second kappa shape index (κ2) is 7.21. The summed E-state index contributed by atoms with van der Waals surface area (Å²) in [5.74, 6) is -2.10. The van der Waals surface area contributed by atoms with E-state index in [-0.39, 0.29) is 22.4 Å². The van der Waals surface area contributed by atoms with Gasteiger partial charge in [-0.25, -0.2) is 18.7 Å². The number of aryl methyl sites for hydroxylation is 2. The molecular weight excluding hydrogens is 402 g/mol. The standard InChI is InChI=1S/C19H14F2N4O3S/c1-9-14(15-17(28-9)23-8-25(2)18(15)27)16(26)24-19-22-7-11(29-19)5-10-3-4-12(20)13(21)6-10/h3-4,6-8H,5H2,1-2H3,(H,22,24,26). The summed E-state index contributed by atoms with van der Waals surface area (Å²) in [7, 11) is 1.53. The average Bonchev–Trinajstić information content (AvgIpc) is 3.25. The van der Waals surface area contributed by atoms with Crippen LogP contribution in [0.2, 0.25) is 0 Å². The Bertz CT molecular complexity index is 1310. The molecule has 0 bridgehead atoms. The number of halogens is 2. The van der Waals surface area contributed by atoms with Crippen LogP contribution >= 0.6 is 11.3 Å². The molecule has 1 amide bonds. The lowest BCUT2D eigenvalue weighted by Crippen LogP contribution is -2.20. The van der Waals surface area contributed by atoms with E-state index in [1.54, 1.807) is 13.1 Å². The molecule has 0 spiro atoms. The van der Waals surface area contributed by atoms with Gasteiger partial charge in [-0.1, -0.05) is 6.07 Å². The molecule has 0 saturated carbocycles. The zero-order valence-electron chi connectivity index (χ0n) is 15.3. The van der Waals surface area contributed by atoms with Crippen LogP contribution in [0.4, 0.5) is 13.9 Å². The predicted octanol–water partition coefficient (Wildman–Crippen LogP) is 3.41. The van der Waals surface area contributed by atoms with Crippen LogP contribution in [-0.2, 0) is 13.5 Å². The molecule has 1 aromatic carbocycles. The Hall–Kier alpha value is -3.40. The van der Waals surface area contributed by atoms with Gasteiger partial charge in [-0.05, 0) is 24.6 Å². The van der Waals surface area contributed by atoms with Gasteiger partial charge in [0.25, 0.3) is 11.5 Å². The normalized spacial score (nSPS) is 11.2. The molecule has 0 atom stereocenters. The Balaban J connectivity index is 1.58. The molecule has 1 N–H and O–H groups in total. The third kappa shape index (κ3) is 3.54. The van der Waals surface area contributed by atoms with E-state index in [9.17, 15) is 18.4 Å². The Morgan fingerprint density at radius 3 is 2.83 bits per heavy atom. The second-order valence-corrected chi connectivity index (χ2v) is 7.50. The molecule has 3 aromatic heterocycles. The molecule has 10 heteroatoms. The molecule has 0 unspecified atom stereocenters. The lowest BCUT2D eigenvalue weighted by molar-refractivity contribution is 0.102. The van der Waals surface area contributed by atoms with Crippen molar-refractivity contribution in [2.45, 2.75) is 13.3 Å². The van der Waals surface area contributed by atoms with Crippen molar-refractivity contribution < 1.29 is 18.0 Å². The van der Waals surface area contributed by atoms with Crippen molar-refractivity contribution in [1.82, 2.24) is 14.5 Å². The van der Waals surface area contributed by atoms with Crippen molar-refractivity contribution in [3.8, 4) is 0 Å². The number of anilines is 1. The second-order valence-electron chi connectivity index (χ2n) is 6.39. The van der Waals surface area contributed by atoms with Crippen molar-refractivity contribution in [2.24, 2.45) is 7.05 Å². The van der Waals surface area contributed by atoms with Gasteiger partial charge >= 0.3 is 0 Å². The maximum atomic E-state index is 13.4. The minimum absolute atomic E-state index is 0.0916. The number of nitrogens with zero attached hydrogens (tertiary/aromatic N) is 3. The number of fused-ring (bicyclic) bond motifs is 1.